The van der Waals surface area contributed by atoms with Crippen molar-refractivity contribution in [2.75, 3.05) is 4.43 Å². The molecule has 1 N–H and O–H groups in total. The van der Waals surface area contributed by atoms with Crippen molar-refractivity contribution in [3.8, 4) is 0 Å². The van der Waals surface area contributed by atoms with E-state index in [9.17, 15) is 5.11 Å². The van der Waals surface area contributed by atoms with Gasteiger partial charge in [-0.25, -0.2) is 0 Å². The van der Waals surface area contributed by atoms with Crippen LogP contribution in [0.25, 0.3) is 0 Å². The first-order chi connectivity index (χ1) is 5.90. The Labute approximate surface area is 109 Å². The van der Waals surface area contributed by atoms with Crippen LogP contribution in [0.5, 0.6) is 0 Å². The fourth-order valence-electron chi connectivity index (χ4n) is 0.971. The molecule has 0 aliphatic carbocycles. The number of alkyl halides is 2. The topological polar surface area (TPSA) is 20.2 Å². The van der Waals surface area contributed by atoms with E-state index in [1.807, 2.05) is 0 Å². The average Bonchev–Trinajstić information content (AvgIpc) is 2.01. The number of aliphatic hydroxyl groups is 1. The van der Waals surface area contributed by atoms with Gasteiger partial charge in [-0.2, -0.15) is 0 Å². The molecule has 13 heavy (non-hydrogen) atoms. The van der Waals surface area contributed by atoms with Crippen LogP contribution in [0.15, 0.2) is 11.6 Å². The van der Waals surface area contributed by atoms with Gasteiger partial charge in [0.05, 0.1) is 6.10 Å². The second kappa shape index (κ2) is 6.61. The number of rotatable bonds is 5. The van der Waals surface area contributed by atoms with Crippen LogP contribution < -0.4 is 0 Å². The van der Waals surface area contributed by atoms with Gasteiger partial charge in [0, 0.05) is 7.85 Å². The first-order valence-electron chi connectivity index (χ1n) is 4.46. The summed E-state index contributed by atoms with van der Waals surface area (Å²) in [6.45, 7) is 6.34. The number of halogens is 2. The summed E-state index contributed by atoms with van der Waals surface area (Å²) >= 11 is 4.60. The lowest BCUT2D eigenvalue weighted by Gasteiger charge is -2.26. The lowest BCUT2D eigenvalue weighted by atomic mass is 9.99. The summed E-state index contributed by atoms with van der Waals surface area (Å²) in [6.07, 6.45) is 4.15. The molecule has 1 nitrogen and oxygen atoms in total. The van der Waals surface area contributed by atoms with E-state index in [0.29, 0.717) is 0 Å². The number of allylic oxidation sites excluding steroid dienone is 2. The Kier molecular flexibility index (Phi) is 7.20. The summed E-state index contributed by atoms with van der Waals surface area (Å²) in [5.74, 6) is 0. The first kappa shape index (κ1) is 14.2. The minimum Gasteiger partial charge on any atom is -0.391 e. The molecule has 0 fully saturated rings. The highest BCUT2D eigenvalue weighted by molar-refractivity contribution is 14.1. The summed E-state index contributed by atoms with van der Waals surface area (Å²) < 4.78 is 0.830. The van der Waals surface area contributed by atoms with Crippen molar-refractivity contribution in [2.45, 2.75) is 43.1 Å². The van der Waals surface area contributed by atoms with Crippen molar-refractivity contribution in [1.29, 1.82) is 0 Å². The van der Waals surface area contributed by atoms with E-state index in [1.54, 1.807) is 0 Å². The van der Waals surface area contributed by atoms with Gasteiger partial charge in [-0.3, -0.25) is 0 Å². The second-order valence-electron chi connectivity index (χ2n) is 3.77. The number of hydrogen-bond donors (Lipinski definition) is 1. The van der Waals surface area contributed by atoms with Crippen molar-refractivity contribution in [3.63, 3.8) is 0 Å². The van der Waals surface area contributed by atoms with Crippen LogP contribution in [0.4, 0.5) is 0 Å². The molecule has 0 saturated carbocycles. The summed E-state index contributed by atoms with van der Waals surface area (Å²) in [5.41, 5.74) is 1.36. The molecule has 2 atom stereocenters. The molecule has 0 aromatic heterocycles. The van der Waals surface area contributed by atoms with Gasteiger partial charge in [-0.05, 0) is 33.6 Å². The van der Waals surface area contributed by atoms with Crippen molar-refractivity contribution < 1.29 is 5.11 Å². The van der Waals surface area contributed by atoms with E-state index < -0.39 is 0 Å². The quantitative estimate of drug-likeness (QED) is 0.418. The Bertz CT molecular complexity index is 172. The maximum atomic E-state index is 9.72. The molecular weight excluding hydrogens is 390 g/mol. The molecule has 0 aromatic carbocycles. The van der Waals surface area contributed by atoms with Crippen LogP contribution >= 0.6 is 45.2 Å². The van der Waals surface area contributed by atoms with Crippen molar-refractivity contribution in [3.05, 3.63) is 11.6 Å². The lowest BCUT2D eigenvalue weighted by molar-refractivity contribution is 0.164. The van der Waals surface area contributed by atoms with E-state index in [0.717, 1.165) is 17.3 Å². The van der Waals surface area contributed by atoms with E-state index in [2.05, 4.69) is 72.0 Å². The van der Waals surface area contributed by atoms with Crippen LogP contribution in [-0.4, -0.2) is 19.1 Å². The third kappa shape index (κ3) is 6.28. The predicted octanol–water partition coefficient (Wildman–Crippen LogP) is 3.72. The molecule has 0 heterocycles. The van der Waals surface area contributed by atoms with E-state index in [1.165, 1.54) is 5.57 Å². The van der Waals surface area contributed by atoms with Gasteiger partial charge in [0.15, 0.2) is 0 Å². The smallest absolute Gasteiger partial charge is 0.0772 e. The highest BCUT2D eigenvalue weighted by Crippen LogP contribution is 2.29. The zero-order valence-electron chi connectivity index (χ0n) is 8.48. The molecule has 0 rings (SSSR count). The zero-order valence-corrected chi connectivity index (χ0v) is 12.8. The van der Waals surface area contributed by atoms with Gasteiger partial charge in [0.1, 0.15) is 0 Å². The number of aliphatic hydroxyl groups excluding tert-OH is 1. The van der Waals surface area contributed by atoms with Gasteiger partial charge in [-0.15, -0.1) is 0 Å². The summed E-state index contributed by atoms with van der Waals surface area (Å²) in [4.78, 5) is 0. The maximum Gasteiger partial charge on any atom is 0.0772 e. The summed E-state index contributed by atoms with van der Waals surface area (Å²) in [5, 5.41) is 9.72. The van der Waals surface area contributed by atoms with Gasteiger partial charge in [0.25, 0.3) is 0 Å². The zero-order chi connectivity index (χ0) is 10.5. The van der Waals surface area contributed by atoms with E-state index in [-0.39, 0.29) is 9.53 Å². The van der Waals surface area contributed by atoms with Gasteiger partial charge in [-0.1, -0.05) is 56.8 Å². The van der Waals surface area contributed by atoms with E-state index in [4.69, 9.17) is 0 Å². The third-order valence-corrected chi connectivity index (χ3v) is 4.12. The fourth-order valence-corrected chi connectivity index (χ4v) is 3.32. The molecule has 78 valence electrons. The Morgan fingerprint density at radius 2 is 2.08 bits per heavy atom. The monoisotopic (exact) mass is 408 g/mol. The molecular formula is C10H18I2O. The highest BCUT2D eigenvalue weighted by Gasteiger charge is 2.27. The van der Waals surface area contributed by atoms with Crippen LogP contribution in [0, 0.1) is 0 Å². The summed E-state index contributed by atoms with van der Waals surface area (Å²) in [6, 6.07) is 0. The normalized spacial score (nSPS) is 17.7. The molecule has 0 bridgehead atoms. The van der Waals surface area contributed by atoms with Gasteiger partial charge in [0.2, 0.25) is 0 Å². The molecule has 0 amide bonds. The lowest BCUT2D eigenvalue weighted by Crippen LogP contribution is -2.33. The molecule has 0 aromatic rings. The van der Waals surface area contributed by atoms with Crippen LogP contribution in [0.1, 0.15) is 33.6 Å². The Morgan fingerprint density at radius 1 is 1.54 bits per heavy atom. The largest absolute Gasteiger partial charge is 0.391 e. The Hall–Kier alpha value is 1.16. The molecule has 0 spiro atoms. The Balaban J connectivity index is 3.96. The minimum absolute atomic E-state index is 0.0188. The SMILES string of the molecule is CC(C)=CCC[C@@](C)(I)[C@@H](O)CI. The first-order valence-corrected chi connectivity index (χ1v) is 7.07. The molecule has 0 saturated heterocycles. The average molecular weight is 408 g/mol. The standard InChI is InChI=1S/C10H18I2O/c1-8(2)5-4-6-10(3,12)9(13)7-11/h5,9,13H,4,6-7H2,1-3H3/t9-,10+/m0/s1. The van der Waals surface area contributed by atoms with Crippen LogP contribution in [0.3, 0.4) is 0 Å². The summed E-state index contributed by atoms with van der Waals surface area (Å²) in [7, 11) is 0. The number of hydrogen-bond acceptors (Lipinski definition) is 1. The molecule has 0 aliphatic rings. The second-order valence-corrected chi connectivity index (χ2v) is 7.11. The third-order valence-electron chi connectivity index (χ3n) is 2.03. The van der Waals surface area contributed by atoms with Crippen LogP contribution in [0.2, 0.25) is 0 Å². The van der Waals surface area contributed by atoms with Gasteiger partial charge < -0.3 is 5.11 Å². The maximum absolute atomic E-state index is 9.72. The van der Waals surface area contributed by atoms with E-state index >= 15 is 0 Å². The molecule has 0 unspecified atom stereocenters. The van der Waals surface area contributed by atoms with Gasteiger partial charge >= 0.3 is 0 Å². The predicted molar refractivity (Wildman–Crippen MR) is 76.0 cm³/mol. The van der Waals surface area contributed by atoms with Crippen molar-refractivity contribution in [1.82, 2.24) is 0 Å². The van der Waals surface area contributed by atoms with Crippen molar-refractivity contribution >= 4 is 45.2 Å². The van der Waals surface area contributed by atoms with Crippen LogP contribution in [-0.2, 0) is 0 Å². The molecule has 0 radical (unpaired) electrons. The Morgan fingerprint density at radius 3 is 2.46 bits per heavy atom. The molecule has 0 aliphatic heterocycles. The minimum atomic E-state index is -0.195. The highest BCUT2D eigenvalue weighted by atomic mass is 127. The molecule has 3 heteroatoms. The van der Waals surface area contributed by atoms with Crippen molar-refractivity contribution in [2.24, 2.45) is 0 Å². The fraction of sp³-hybridized carbons (Fsp3) is 0.800.